The van der Waals surface area contributed by atoms with Crippen molar-refractivity contribution in [3.8, 4) is 0 Å². The Balaban J connectivity index is 2.22. The van der Waals surface area contributed by atoms with Crippen LogP contribution in [0.4, 0.5) is 21.0 Å². The van der Waals surface area contributed by atoms with Gasteiger partial charge in [0.15, 0.2) is 0 Å². The molecule has 0 unspecified atom stereocenters. The number of cyclic esters (lactones) is 1. The van der Waals surface area contributed by atoms with Crippen LogP contribution >= 0.6 is 0 Å². The normalized spacial score (nSPS) is 11.6. The number of amides is 2. The number of carbonyl (C=O) groups is 8. The van der Waals surface area contributed by atoms with Crippen molar-refractivity contribution in [2.75, 3.05) is 56.9 Å². The zero-order valence-electron chi connectivity index (χ0n) is 29.2. The lowest BCUT2D eigenvalue weighted by Crippen LogP contribution is -2.45. The molecule has 0 aromatic heterocycles. The molecule has 2 amide bonds. The maximum Gasteiger partial charge on any atom is 0.411 e. The minimum absolute atomic E-state index is 0.0880. The number of esters is 6. The Labute approximate surface area is 309 Å². The van der Waals surface area contributed by atoms with E-state index in [9.17, 15) is 38.4 Å². The zero-order chi connectivity index (χ0) is 40.3. The Kier molecular flexibility index (Phi) is 16.6. The fourth-order valence-corrected chi connectivity index (χ4v) is 4.01. The lowest BCUT2D eigenvalue weighted by atomic mass is 9.86. The van der Waals surface area contributed by atoms with Gasteiger partial charge in [-0.05, 0) is 24.6 Å². The van der Waals surface area contributed by atoms with Gasteiger partial charge in [-0.1, -0.05) is 39.0 Å². The average molecular weight is 755 g/mol. The van der Waals surface area contributed by atoms with Crippen LogP contribution in [0.15, 0.2) is 93.3 Å². The molecule has 0 radical (unpaired) electrons. The van der Waals surface area contributed by atoms with Crippen LogP contribution in [0, 0.1) is 17.8 Å². The van der Waals surface area contributed by atoms with Gasteiger partial charge in [0, 0.05) is 41.8 Å². The van der Waals surface area contributed by atoms with E-state index in [1.807, 2.05) is 0 Å². The van der Waals surface area contributed by atoms with Gasteiger partial charge >= 0.3 is 48.0 Å². The second kappa shape index (κ2) is 20.8. The van der Waals surface area contributed by atoms with Crippen LogP contribution in [0.2, 0.25) is 0 Å². The molecule has 0 saturated heterocycles. The quantitative estimate of drug-likeness (QED) is 0.0983. The van der Waals surface area contributed by atoms with E-state index in [2.05, 4.69) is 43.5 Å². The summed E-state index contributed by atoms with van der Waals surface area (Å²) >= 11 is 0. The van der Waals surface area contributed by atoms with Gasteiger partial charge in [-0.2, -0.15) is 0 Å². The summed E-state index contributed by atoms with van der Waals surface area (Å²) in [6.07, 6.45) is 3.26. The van der Waals surface area contributed by atoms with Gasteiger partial charge in [-0.3, -0.25) is 10.6 Å². The van der Waals surface area contributed by atoms with Crippen molar-refractivity contribution in [2.45, 2.75) is 6.92 Å². The van der Waals surface area contributed by atoms with E-state index in [1.54, 1.807) is 6.92 Å². The second-order valence-corrected chi connectivity index (χ2v) is 11.2. The first-order valence-corrected chi connectivity index (χ1v) is 15.5. The lowest BCUT2D eigenvalue weighted by Gasteiger charge is -2.35. The molecule has 0 fully saturated rings. The SMILES string of the molecule is C=CC(=O)OCC(COC(=O)C=C)(COC(=O)C=C)COC(=O)Nc1cc(NC(=O)OCC(COC(=O)C=C)(COC(=O)C=C)C2=CC(=O)O2)ccc1C. The molecule has 18 heteroatoms. The number of rotatable bonds is 22. The van der Waals surface area contributed by atoms with Gasteiger partial charge in [-0.25, -0.2) is 38.4 Å². The predicted octanol–water partition coefficient (Wildman–Crippen LogP) is 3.15. The van der Waals surface area contributed by atoms with E-state index in [4.69, 9.17) is 37.9 Å². The molecule has 2 rings (SSSR count). The molecule has 18 nitrogen and oxygen atoms in total. The maximum absolute atomic E-state index is 13.0. The van der Waals surface area contributed by atoms with Gasteiger partial charge in [0.2, 0.25) is 0 Å². The summed E-state index contributed by atoms with van der Waals surface area (Å²) in [5.41, 5.74) is -2.48. The van der Waals surface area contributed by atoms with E-state index in [1.165, 1.54) is 18.2 Å². The van der Waals surface area contributed by atoms with Crippen LogP contribution in [-0.2, 0) is 66.7 Å². The summed E-state index contributed by atoms with van der Waals surface area (Å²) in [6.45, 7) is 14.1. The highest BCUT2D eigenvalue weighted by Gasteiger charge is 2.46. The highest BCUT2D eigenvalue weighted by molar-refractivity contribution is 5.91. The van der Waals surface area contributed by atoms with E-state index >= 15 is 0 Å². The molecule has 0 spiro atoms. The third kappa shape index (κ3) is 13.6. The summed E-state index contributed by atoms with van der Waals surface area (Å²) in [7, 11) is 0. The number of hydrogen-bond donors (Lipinski definition) is 2. The fourth-order valence-electron chi connectivity index (χ4n) is 4.01. The number of benzene rings is 1. The highest BCUT2D eigenvalue weighted by atomic mass is 16.6. The molecule has 2 N–H and O–H groups in total. The number of hydrogen-bond acceptors (Lipinski definition) is 16. The Hall–Kier alpha value is -6.98. The second-order valence-electron chi connectivity index (χ2n) is 11.2. The molecule has 0 aliphatic carbocycles. The van der Waals surface area contributed by atoms with Crippen molar-refractivity contribution in [1.29, 1.82) is 0 Å². The van der Waals surface area contributed by atoms with E-state index in [0.29, 0.717) is 5.56 Å². The first-order valence-electron chi connectivity index (χ1n) is 15.5. The van der Waals surface area contributed by atoms with Crippen molar-refractivity contribution in [3.05, 3.63) is 98.9 Å². The topological polar surface area (TPSA) is 234 Å². The molecular weight excluding hydrogens is 716 g/mol. The zero-order valence-corrected chi connectivity index (χ0v) is 29.2. The molecule has 1 aliphatic rings. The number of aryl methyl sites for hydroxylation is 1. The number of ether oxygens (including phenoxy) is 8. The third-order valence-corrected chi connectivity index (χ3v) is 7.07. The van der Waals surface area contributed by atoms with Crippen molar-refractivity contribution in [1.82, 2.24) is 0 Å². The largest absolute Gasteiger partial charge is 0.462 e. The Morgan fingerprint density at radius 3 is 1.41 bits per heavy atom. The minimum atomic E-state index is -1.64. The van der Waals surface area contributed by atoms with Gasteiger partial charge in [0.05, 0.1) is 6.08 Å². The summed E-state index contributed by atoms with van der Waals surface area (Å²) in [5, 5.41) is 4.93. The number of anilines is 2. The van der Waals surface area contributed by atoms with E-state index in [-0.39, 0.29) is 17.1 Å². The fraction of sp³-hybridized carbons (Fsp3) is 0.278. The van der Waals surface area contributed by atoms with Crippen molar-refractivity contribution in [2.24, 2.45) is 10.8 Å². The molecule has 1 aliphatic heterocycles. The maximum atomic E-state index is 13.0. The Bertz CT molecular complexity index is 1640. The molecule has 0 saturated carbocycles. The molecule has 1 aromatic rings. The molecule has 1 aromatic carbocycles. The first-order chi connectivity index (χ1) is 25.6. The molecule has 54 heavy (non-hydrogen) atoms. The number of nitrogens with one attached hydrogen (secondary N) is 2. The van der Waals surface area contributed by atoms with Crippen molar-refractivity contribution in [3.63, 3.8) is 0 Å². The van der Waals surface area contributed by atoms with Gasteiger partial charge in [-0.15, -0.1) is 0 Å². The smallest absolute Gasteiger partial charge is 0.411 e. The van der Waals surface area contributed by atoms with Crippen molar-refractivity contribution >= 4 is 59.4 Å². The van der Waals surface area contributed by atoms with Crippen LogP contribution < -0.4 is 10.6 Å². The van der Waals surface area contributed by atoms with Crippen LogP contribution in [0.1, 0.15) is 5.56 Å². The first kappa shape index (κ1) is 43.2. The minimum Gasteiger partial charge on any atom is -0.462 e. The van der Waals surface area contributed by atoms with Crippen molar-refractivity contribution < 1.29 is 76.3 Å². The summed E-state index contributed by atoms with van der Waals surface area (Å²) in [5.74, 6) is -5.15. The van der Waals surface area contributed by atoms with Crippen LogP contribution in [0.5, 0.6) is 0 Å². The molecular formula is C36H38N2O16. The lowest BCUT2D eigenvalue weighted by molar-refractivity contribution is -0.160. The Morgan fingerprint density at radius 2 is 0.981 bits per heavy atom. The summed E-state index contributed by atoms with van der Waals surface area (Å²) in [6, 6.07) is 4.34. The summed E-state index contributed by atoms with van der Waals surface area (Å²) in [4.78, 5) is 96.7. The number of carbonyl (C=O) groups excluding carboxylic acids is 8. The van der Waals surface area contributed by atoms with Gasteiger partial charge in [0.25, 0.3) is 0 Å². The van der Waals surface area contributed by atoms with E-state index < -0.39 is 105 Å². The average Bonchev–Trinajstić information content (AvgIpc) is 3.16. The van der Waals surface area contributed by atoms with Crippen LogP contribution in [-0.4, -0.2) is 94.3 Å². The van der Waals surface area contributed by atoms with Gasteiger partial charge < -0.3 is 37.9 Å². The molecule has 0 bridgehead atoms. The molecule has 1 heterocycles. The van der Waals surface area contributed by atoms with Crippen LogP contribution in [0.25, 0.3) is 0 Å². The third-order valence-electron chi connectivity index (χ3n) is 7.07. The molecule has 288 valence electrons. The van der Waals surface area contributed by atoms with Gasteiger partial charge in [0.1, 0.15) is 62.8 Å². The highest BCUT2D eigenvalue weighted by Crippen LogP contribution is 2.35. The summed E-state index contributed by atoms with van der Waals surface area (Å²) < 4.78 is 41.3. The van der Waals surface area contributed by atoms with Crippen LogP contribution in [0.3, 0.4) is 0 Å². The van der Waals surface area contributed by atoms with E-state index in [0.717, 1.165) is 36.5 Å². The molecule has 0 atom stereocenters. The predicted molar refractivity (Wildman–Crippen MR) is 186 cm³/mol. The standard InChI is InChI=1S/C36H38N2O16/c1-7-27(39)47-16-35(17-48-28(40)8-2,18-49-29(41)9-3)19-52-34(46)38-25-14-24(13-12-23(25)6)37-33(45)53-22-36(20-50-30(42)10-4,21-51-31(43)11-5)26-15-32(44)54-26/h7-15H,1-5,16-22H2,6H3,(H,37,45)(H,38,46). The monoisotopic (exact) mass is 754 g/mol. The Morgan fingerprint density at radius 1 is 0.611 bits per heavy atom.